The Morgan fingerprint density at radius 2 is 1.85 bits per heavy atom. The number of ether oxygens (including phenoxy) is 1. The molecule has 2 aromatic carbocycles. The monoisotopic (exact) mass is 477 g/mol. The number of carbonyl (C=O) groups is 1. The third-order valence-electron chi connectivity index (χ3n) is 5.56. The fourth-order valence-corrected chi connectivity index (χ4v) is 4.56. The molecule has 0 N–H and O–H groups in total. The summed E-state index contributed by atoms with van der Waals surface area (Å²) in [5.74, 6) is 2.21. The number of hydrazone groups is 1. The van der Waals surface area contributed by atoms with Gasteiger partial charge in [-0.25, -0.2) is 5.01 Å². The second-order valence-electron chi connectivity index (χ2n) is 8.66. The summed E-state index contributed by atoms with van der Waals surface area (Å²) in [6.07, 6.45) is 1.77. The Morgan fingerprint density at radius 1 is 1.09 bits per heavy atom. The van der Waals surface area contributed by atoms with Crippen molar-refractivity contribution in [3.05, 3.63) is 71.5 Å². The highest BCUT2D eigenvalue weighted by Gasteiger charge is 2.23. The molecule has 0 radical (unpaired) electrons. The number of hydrogen-bond acceptors (Lipinski definition) is 6. The molecule has 1 aliphatic rings. The molecule has 178 valence electrons. The first-order valence-electron chi connectivity index (χ1n) is 11.7. The number of amides is 1. The lowest BCUT2D eigenvalue weighted by Crippen LogP contribution is -2.25. The van der Waals surface area contributed by atoms with Crippen molar-refractivity contribution >= 4 is 23.4 Å². The lowest BCUT2D eigenvalue weighted by atomic mass is 10.1. The maximum atomic E-state index is 12.8. The fraction of sp³-hybridized carbons (Fsp3) is 0.385. The molecule has 1 aromatic heterocycles. The summed E-state index contributed by atoms with van der Waals surface area (Å²) in [5.41, 5.74) is 3.29. The second-order valence-corrected chi connectivity index (χ2v) is 9.60. The van der Waals surface area contributed by atoms with Crippen LogP contribution >= 0.6 is 11.8 Å². The van der Waals surface area contributed by atoms with Gasteiger partial charge in [-0.05, 0) is 35.6 Å². The van der Waals surface area contributed by atoms with Crippen molar-refractivity contribution in [2.45, 2.75) is 51.9 Å². The molecule has 34 heavy (non-hydrogen) atoms. The average molecular weight is 478 g/mol. The number of aryl methyl sites for hydroxylation is 1. The van der Waals surface area contributed by atoms with E-state index in [0.29, 0.717) is 19.1 Å². The zero-order valence-electron chi connectivity index (χ0n) is 20.0. The van der Waals surface area contributed by atoms with E-state index in [-0.39, 0.29) is 11.7 Å². The number of carbonyl (C=O) groups excluding carboxylic acids is 1. The summed E-state index contributed by atoms with van der Waals surface area (Å²) in [4.78, 5) is 12.8. The predicted molar refractivity (Wildman–Crippen MR) is 135 cm³/mol. The number of thioether (sulfide) groups is 1. The largest absolute Gasteiger partial charge is 0.486 e. The Hall–Kier alpha value is -3.13. The van der Waals surface area contributed by atoms with Gasteiger partial charge in [0, 0.05) is 13.0 Å². The summed E-state index contributed by atoms with van der Waals surface area (Å²) < 4.78 is 8.02. The average Bonchev–Trinajstić information content (AvgIpc) is 3.50. The molecular weight excluding hydrogens is 446 g/mol. The molecule has 0 saturated heterocycles. The van der Waals surface area contributed by atoms with E-state index in [2.05, 4.69) is 52.8 Å². The van der Waals surface area contributed by atoms with E-state index in [0.717, 1.165) is 47.4 Å². The van der Waals surface area contributed by atoms with E-state index in [4.69, 9.17) is 4.74 Å². The van der Waals surface area contributed by atoms with E-state index < -0.39 is 0 Å². The highest BCUT2D eigenvalue weighted by atomic mass is 32.2. The quantitative estimate of drug-likeness (QED) is 0.392. The van der Waals surface area contributed by atoms with E-state index in [9.17, 15) is 4.79 Å². The number of rotatable bonds is 10. The van der Waals surface area contributed by atoms with Gasteiger partial charge < -0.3 is 9.30 Å². The second kappa shape index (κ2) is 11.3. The van der Waals surface area contributed by atoms with Gasteiger partial charge >= 0.3 is 0 Å². The Labute approximate surface area is 205 Å². The molecule has 8 heteroatoms. The van der Waals surface area contributed by atoms with Gasteiger partial charge in [0.25, 0.3) is 5.91 Å². The van der Waals surface area contributed by atoms with Crippen LogP contribution in [0.3, 0.4) is 0 Å². The van der Waals surface area contributed by atoms with Crippen molar-refractivity contribution in [3.8, 4) is 5.75 Å². The summed E-state index contributed by atoms with van der Waals surface area (Å²) in [6, 6.07) is 18.1. The van der Waals surface area contributed by atoms with Crippen molar-refractivity contribution in [1.29, 1.82) is 0 Å². The summed E-state index contributed by atoms with van der Waals surface area (Å²) in [6.45, 7) is 8.13. The summed E-state index contributed by atoms with van der Waals surface area (Å²) >= 11 is 1.40. The maximum Gasteiger partial charge on any atom is 0.253 e. The Bertz CT molecular complexity index is 1130. The first-order valence-corrected chi connectivity index (χ1v) is 12.7. The first-order chi connectivity index (χ1) is 16.5. The van der Waals surface area contributed by atoms with Gasteiger partial charge in [-0.2, -0.15) is 5.10 Å². The number of benzene rings is 2. The highest BCUT2D eigenvalue weighted by Crippen LogP contribution is 2.22. The minimum atomic E-state index is -0.0242. The third-order valence-corrected chi connectivity index (χ3v) is 6.51. The number of hydrogen-bond donors (Lipinski definition) is 0. The van der Waals surface area contributed by atoms with Crippen LogP contribution in [0.25, 0.3) is 0 Å². The number of aromatic nitrogens is 3. The molecule has 0 saturated carbocycles. The van der Waals surface area contributed by atoms with Crippen LogP contribution in [0.4, 0.5) is 0 Å². The molecular formula is C26H31N5O2S. The molecule has 1 amide bonds. The normalized spacial score (nSPS) is 13.4. The first kappa shape index (κ1) is 24.0. The van der Waals surface area contributed by atoms with E-state index >= 15 is 0 Å². The molecule has 2 heterocycles. The van der Waals surface area contributed by atoms with E-state index in [1.165, 1.54) is 17.3 Å². The molecule has 4 rings (SSSR count). The standard InChI is InChI=1S/C26H31N5O2S/c1-4-20-10-12-22(13-11-20)33-17-24-27-28-26(30(24)16-19(2)3)34-18-25(32)31-15-14-23(29-31)21-8-6-5-7-9-21/h5-13,19H,4,14-18H2,1-3H3. The zero-order chi connectivity index (χ0) is 23.9. The molecule has 1 aliphatic heterocycles. The summed E-state index contributed by atoms with van der Waals surface area (Å²) in [5, 5.41) is 15.6. The van der Waals surface area contributed by atoms with Crippen LogP contribution < -0.4 is 4.74 Å². The van der Waals surface area contributed by atoms with Crippen LogP contribution in [0.5, 0.6) is 5.75 Å². The molecule has 0 atom stereocenters. The van der Waals surface area contributed by atoms with Crippen LogP contribution in [-0.4, -0.2) is 43.7 Å². The lowest BCUT2D eigenvalue weighted by molar-refractivity contribution is -0.127. The lowest BCUT2D eigenvalue weighted by Gasteiger charge is -2.14. The van der Waals surface area contributed by atoms with Gasteiger partial charge in [0.15, 0.2) is 11.0 Å². The van der Waals surface area contributed by atoms with E-state index in [1.807, 2.05) is 42.5 Å². The zero-order valence-corrected chi connectivity index (χ0v) is 20.8. The number of nitrogens with zero attached hydrogens (tertiary/aromatic N) is 5. The SMILES string of the molecule is CCc1ccc(OCc2nnc(SCC(=O)N3CCC(c4ccccc4)=N3)n2CC(C)C)cc1. The van der Waals surface area contributed by atoms with Gasteiger partial charge in [0.2, 0.25) is 0 Å². The van der Waals surface area contributed by atoms with E-state index in [1.54, 1.807) is 5.01 Å². The van der Waals surface area contributed by atoms with Gasteiger partial charge in [-0.3, -0.25) is 4.79 Å². The van der Waals surface area contributed by atoms with Gasteiger partial charge in [0.05, 0.1) is 18.0 Å². The topological polar surface area (TPSA) is 72.6 Å². The van der Waals surface area contributed by atoms with Gasteiger partial charge in [-0.15, -0.1) is 10.2 Å². The Kier molecular flexibility index (Phi) is 8.00. The van der Waals surface area contributed by atoms with Crippen LogP contribution in [0.2, 0.25) is 0 Å². The molecule has 0 bridgehead atoms. The van der Waals surface area contributed by atoms with Gasteiger partial charge in [0.1, 0.15) is 12.4 Å². The third kappa shape index (κ3) is 6.05. The Balaban J connectivity index is 1.38. The maximum absolute atomic E-state index is 12.8. The van der Waals surface area contributed by atoms with Gasteiger partial charge in [-0.1, -0.05) is 75.0 Å². The van der Waals surface area contributed by atoms with Crippen molar-refractivity contribution in [2.75, 3.05) is 12.3 Å². The van der Waals surface area contributed by atoms with Crippen molar-refractivity contribution in [1.82, 2.24) is 19.8 Å². The Morgan fingerprint density at radius 3 is 2.56 bits per heavy atom. The van der Waals surface area contributed by atoms with Crippen molar-refractivity contribution < 1.29 is 9.53 Å². The molecule has 0 fully saturated rings. The highest BCUT2D eigenvalue weighted by molar-refractivity contribution is 7.99. The van der Waals surface area contributed by atoms with Crippen molar-refractivity contribution in [3.63, 3.8) is 0 Å². The molecule has 0 spiro atoms. The van der Waals surface area contributed by atoms with Crippen LogP contribution in [0.1, 0.15) is 44.1 Å². The fourth-order valence-electron chi connectivity index (χ4n) is 3.72. The van der Waals surface area contributed by atoms with Crippen LogP contribution in [0, 0.1) is 5.92 Å². The minimum Gasteiger partial charge on any atom is -0.486 e. The molecule has 7 nitrogen and oxygen atoms in total. The van der Waals surface area contributed by atoms with Crippen molar-refractivity contribution in [2.24, 2.45) is 11.0 Å². The molecule has 0 unspecified atom stereocenters. The molecule has 0 aliphatic carbocycles. The smallest absolute Gasteiger partial charge is 0.253 e. The van der Waals surface area contributed by atoms with Crippen LogP contribution in [-0.2, 0) is 24.4 Å². The summed E-state index contributed by atoms with van der Waals surface area (Å²) in [7, 11) is 0. The predicted octanol–water partition coefficient (Wildman–Crippen LogP) is 4.80. The minimum absolute atomic E-state index is 0.0242. The van der Waals surface area contributed by atoms with Crippen LogP contribution in [0.15, 0.2) is 64.9 Å². The molecule has 3 aromatic rings.